The number of amides is 1. The molecule has 0 saturated heterocycles. The van der Waals surface area contributed by atoms with E-state index in [4.69, 9.17) is 9.84 Å². The van der Waals surface area contributed by atoms with Crippen LogP contribution in [0.2, 0.25) is 0 Å². The van der Waals surface area contributed by atoms with Gasteiger partial charge >= 0.3 is 11.9 Å². The zero-order valence-corrected chi connectivity index (χ0v) is 17.8. The summed E-state index contributed by atoms with van der Waals surface area (Å²) in [7, 11) is 0. The van der Waals surface area contributed by atoms with Gasteiger partial charge in [-0.1, -0.05) is 62.4 Å². The Kier molecular flexibility index (Phi) is 6.51. The van der Waals surface area contributed by atoms with Crippen LogP contribution in [-0.2, 0) is 19.1 Å². The number of carbonyl (C=O) groups is 3. The number of hydrogen-bond acceptors (Lipinski definition) is 5. The second kappa shape index (κ2) is 8.92. The van der Waals surface area contributed by atoms with Crippen molar-refractivity contribution in [1.82, 2.24) is 5.32 Å². The Morgan fingerprint density at radius 1 is 1.07 bits per heavy atom. The summed E-state index contributed by atoms with van der Waals surface area (Å²) < 4.78 is 5.55. The zero-order valence-electron chi connectivity index (χ0n) is 16.9. The molecular weight excluding hydrogens is 402 g/mol. The summed E-state index contributed by atoms with van der Waals surface area (Å²) in [6.45, 7) is 3.35. The van der Waals surface area contributed by atoms with E-state index in [1.807, 2.05) is 36.4 Å². The summed E-state index contributed by atoms with van der Waals surface area (Å²) in [6.07, 6.45) is -0.159. The number of nitrogens with one attached hydrogen (secondary N) is 1. The molecule has 0 heterocycles. The molecule has 0 aromatic heterocycles. The van der Waals surface area contributed by atoms with Crippen molar-refractivity contribution < 1.29 is 24.2 Å². The standard InChI is InChI=1S/C23H25NO5S/c1-23(2,22(28)24-19(13-30)21(26)27)11-20(25)29-12-18-16-9-5-3-7-14(16)15-8-4-6-10-17(15)18/h3-10,18-19,30H,11-13H2,1-2H3,(H,24,28)(H,26,27)/t19-/m1/s1. The van der Waals surface area contributed by atoms with Crippen LogP contribution in [0, 0.1) is 5.41 Å². The van der Waals surface area contributed by atoms with Gasteiger partial charge in [0.15, 0.2) is 0 Å². The zero-order chi connectivity index (χ0) is 21.9. The normalized spacial score (nSPS) is 13.8. The molecular formula is C23H25NO5S. The van der Waals surface area contributed by atoms with E-state index in [1.54, 1.807) is 13.8 Å². The predicted octanol–water partition coefficient (Wildman–Crippen LogP) is 3.26. The molecule has 0 bridgehead atoms. The van der Waals surface area contributed by atoms with Crippen LogP contribution in [0.3, 0.4) is 0 Å². The lowest BCUT2D eigenvalue weighted by molar-refractivity contribution is -0.150. The van der Waals surface area contributed by atoms with Gasteiger partial charge in [0, 0.05) is 11.7 Å². The highest BCUT2D eigenvalue weighted by atomic mass is 32.1. The summed E-state index contributed by atoms with van der Waals surface area (Å²) in [5, 5.41) is 11.5. The Morgan fingerprint density at radius 3 is 2.10 bits per heavy atom. The number of hydrogen-bond donors (Lipinski definition) is 3. The van der Waals surface area contributed by atoms with E-state index in [0.717, 1.165) is 22.3 Å². The summed E-state index contributed by atoms with van der Waals surface area (Å²) in [4.78, 5) is 36.1. The number of ether oxygens (including phenoxy) is 1. The summed E-state index contributed by atoms with van der Waals surface area (Å²) in [5.41, 5.74) is 3.39. The van der Waals surface area contributed by atoms with Gasteiger partial charge in [0.2, 0.25) is 5.91 Å². The quantitative estimate of drug-likeness (QED) is 0.444. The second-order valence-corrected chi connectivity index (χ2v) is 8.38. The maximum Gasteiger partial charge on any atom is 0.327 e. The Balaban J connectivity index is 1.65. The third kappa shape index (κ3) is 4.51. The highest BCUT2D eigenvalue weighted by Crippen LogP contribution is 2.44. The van der Waals surface area contributed by atoms with E-state index in [2.05, 4.69) is 30.1 Å². The average molecular weight is 428 g/mol. The molecule has 6 nitrogen and oxygen atoms in total. The van der Waals surface area contributed by atoms with Crippen molar-refractivity contribution in [3.8, 4) is 11.1 Å². The molecule has 0 spiro atoms. The second-order valence-electron chi connectivity index (χ2n) is 8.02. The van der Waals surface area contributed by atoms with Gasteiger partial charge in [-0.3, -0.25) is 9.59 Å². The van der Waals surface area contributed by atoms with E-state index in [1.165, 1.54) is 0 Å². The number of rotatable bonds is 8. The molecule has 158 valence electrons. The first-order valence-corrected chi connectivity index (χ1v) is 10.4. The van der Waals surface area contributed by atoms with Crippen LogP contribution in [0.25, 0.3) is 11.1 Å². The van der Waals surface area contributed by atoms with Crippen molar-refractivity contribution in [2.24, 2.45) is 5.41 Å². The van der Waals surface area contributed by atoms with Gasteiger partial charge in [0.1, 0.15) is 12.6 Å². The monoisotopic (exact) mass is 427 g/mol. The number of thiol groups is 1. The molecule has 1 amide bonds. The summed E-state index contributed by atoms with van der Waals surface area (Å²) in [6, 6.07) is 15.0. The number of carboxylic acid groups (broad SMARTS) is 1. The summed E-state index contributed by atoms with van der Waals surface area (Å²) >= 11 is 3.94. The van der Waals surface area contributed by atoms with Gasteiger partial charge in [-0.05, 0) is 22.3 Å². The van der Waals surface area contributed by atoms with E-state index in [9.17, 15) is 14.4 Å². The third-order valence-electron chi connectivity index (χ3n) is 5.36. The molecule has 0 fully saturated rings. The third-order valence-corrected chi connectivity index (χ3v) is 5.73. The molecule has 0 unspecified atom stereocenters. The molecule has 30 heavy (non-hydrogen) atoms. The van der Waals surface area contributed by atoms with Gasteiger partial charge in [0.25, 0.3) is 0 Å². The Bertz CT molecular complexity index is 926. The number of benzene rings is 2. The molecule has 1 aliphatic rings. The van der Waals surface area contributed by atoms with Crippen molar-refractivity contribution in [2.75, 3.05) is 12.4 Å². The van der Waals surface area contributed by atoms with Gasteiger partial charge in [-0.25, -0.2) is 4.79 Å². The fraction of sp³-hybridized carbons (Fsp3) is 0.348. The van der Waals surface area contributed by atoms with Crippen LogP contribution in [0.5, 0.6) is 0 Å². The van der Waals surface area contributed by atoms with Crippen LogP contribution in [-0.4, -0.2) is 41.4 Å². The van der Waals surface area contributed by atoms with Gasteiger partial charge in [-0.15, -0.1) is 0 Å². The largest absolute Gasteiger partial charge is 0.480 e. The lowest BCUT2D eigenvalue weighted by atomic mass is 9.88. The lowest BCUT2D eigenvalue weighted by Gasteiger charge is -2.25. The van der Waals surface area contributed by atoms with Crippen LogP contribution in [0.1, 0.15) is 37.3 Å². The van der Waals surface area contributed by atoms with Crippen molar-refractivity contribution >= 4 is 30.5 Å². The van der Waals surface area contributed by atoms with E-state index >= 15 is 0 Å². The minimum atomic E-state index is -1.17. The first-order chi connectivity index (χ1) is 14.2. The molecule has 2 aromatic rings. The lowest BCUT2D eigenvalue weighted by Crippen LogP contribution is -2.48. The number of carbonyl (C=O) groups excluding carboxylic acids is 2. The maximum atomic E-state index is 12.5. The summed E-state index contributed by atoms with van der Waals surface area (Å²) in [5.74, 6) is -2.30. The first-order valence-electron chi connectivity index (χ1n) is 9.73. The number of aliphatic carboxylic acids is 1. The Morgan fingerprint density at radius 2 is 1.60 bits per heavy atom. The highest BCUT2D eigenvalue weighted by molar-refractivity contribution is 7.80. The molecule has 2 aromatic carbocycles. The molecule has 1 aliphatic carbocycles. The van der Waals surface area contributed by atoms with Crippen LogP contribution in [0.4, 0.5) is 0 Å². The molecule has 0 radical (unpaired) electrons. The number of fused-ring (bicyclic) bond motifs is 3. The van der Waals surface area contributed by atoms with Gasteiger partial charge < -0.3 is 15.2 Å². The fourth-order valence-corrected chi connectivity index (χ4v) is 3.89. The Hall–Kier alpha value is -2.80. The molecule has 1 atom stereocenters. The number of carboxylic acids is 1. The topological polar surface area (TPSA) is 92.7 Å². The fourth-order valence-electron chi connectivity index (χ4n) is 3.65. The Labute approximate surface area is 181 Å². The van der Waals surface area contributed by atoms with Crippen molar-refractivity contribution in [1.29, 1.82) is 0 Å². The van der Waals surface area contributed by atoms with E-state index in [-0.39, 0.29) is 24.7 Å². The van der Waals surface area contributed by atoms with Crippen LogP contribution < -0.4 is 5.32 Å². The molecule has 7 heteroatoms. The van der Waals surface area contributed by atoms with Crippen LogP contribution >= 0.6 is 12.6 Å². The predicted molar refractivity (Wildman–Crippen MR) is 116 cm³/mol. The first kappa shape index (κ1) is 21.9. The van der Waals surface area contributed by atoms with E-state index < -0.39 is 29.3 Å². The molecule has 3 rings (SSSR count). The smallest absolute Gasteiger partial charge is 0.327 e. The maximum absolute atomic E-state index is 12.5. The molecule has 0 saturated carbocycles. The van der Waals surface area contributed by atoms with Crippen molar-refractivity contribution in [3.05, 3.63) is 59.7 Å². The van der Waals surface area contributed by atoms with Crippen molar-refractivity contribution in [2.45, 2.75) is 32.2 Å². The average Bonchev–Trinajstić information content (AvgIpc) is 3.03. The van der Waals surface area contributed by atoms with Gasteiger partial charge in [0.05, 0.1) is 11.8 Å². The van der Waals surface area contributed by atoms with E-state index in [0.29, 0.717) is 0 Å². The number of esters is 1. The van der Waals surface area contributed by atoms with Gasteiger partial charge in [-0.2, -0.15) is 12.6 Å². The molecule has 2 N–H and O–H groups in total. The minimum absolute atomic E-state index is 0.0396. The van der Waals surface area contributed by atoms with Crippen molar-refractivity contribution in [3.63, 3.8) is 0 Å². The SMILES string of the molecule is CC(C)(CC(=O)OCC1c2ccccc2-c2ccccc21)C(=O)N[C@H](CS)C(=O)O. The van der Waals surface area contributed by atoms with Crippen LogP contribution in [0.15, 0.2) is 48.5 Å². The minimum Gasteiger partial charge on any atom is -0.480 e. The molecule has 0 aliphatic heterocycles. The highest BCUT2D eigenvalue weighted by Gasteiger charge is 2.35.